The number of hydrogen-bond acceptors (Lipinski definition) is 3. The fraction of sp³-hybridized carbons (Fsp3) is 0.308. The predicted octanol–water partition coefficient (Wildman–Crippen LogP) is 1.56. The van der Waals surface area contributed by atoms with E-state index in [1.165, 1.54) is 5.57 Å². The second-order valence-electron chi connectivity index (χ2n) is 3.95. The van der Waals surface area contributed by atoms with Crippen LogP contribution in [0.4, 0.5) is 0 Å². The Morgan fingerprint density at radius 3 is 2.39 bits per heavy atom. The monoisotopic (exact) mass is 264 g/mol. The highest BCUT2D eigenvalue weighted by atomic mass is 32.1. The summed E-state index contributed by atoms with van der Waals surface area (Å²) in [6.45, 7) is 1.56. The van der Waals surface area contributed by atoms with Crippen LogP contribution in [0.3, 0.4) is 0 Å². The first-order valence-electron chi connectivity index (χ1n) is 5.66. The van der Waals surface area contributed by atoms with Crippen molar-refractivity contribution >= 4 is 23.4 Å². The Bertz CT molecular complexity index is 474. The Morgan fingerprint density at radius 2 is 1.78 bits per heavy atom. The second kappa shape index (κ2) is 5.73. The van der Waals surface area contributed by atoms with Crippen LogP contribution in [-0.4, -0.2) is 32.4 Å². The van der Waals surface area contributed by atoms with E-state index in [2.05, 4.69) is 16.7 Å². The fourth-order valence-corrected chi connectivity index (χ4v) is 1.94. The number of methoxy groups -OCH3 is 2. The van der Waals surface area contributed by atoms with Crippen molar-refractivity contribution in [3.63, 3.8) is 0 Å². The lowest BCUT2D eigenvalue weighted by molar-refractivity contribution is 0.355. The SMILES string of the molecule is COc1ccc(C=C2CNC(=S)NC2)cc1OC. The maximum atomic E-state index is 5.28. The molecule has 0 aromatic heterocycles. The van der Waals surface area contributed by atoms with Gasteiger partial charge in [0.05, 0.1) is 14.2 Å². The van der Waals surface area contributed by atoms with Gasteiger partial charge in [-0.2, -0.15) is 0 Å². The van der Waals surface area contributed by atoms with Crippen molar-refractivity contribution in [3.05, 3.63) is 29.3 Å². The quantitative estimate of drug-likeness (QED) is 0.811. The highest BCUT2D eigenvalue weighted by molar-refractivity contribution is 7.80. The van der Waals surface area contributed by atoms with Gasteiger partial charge in [-0.25, -0.2) is 0 Å². The molecule has 0 unspecified atom stereocenters. The Kier molecular flexibility index (Phi) is 4.04. The van der Waals surface area contributed by atoms with Gasteiger partial charge < -0.3 is 20.1 Å². The van der Waals surface area contributed by atoms with E-state index in [4.69, 9.17) is 21.7 Å². The highest BCUT2D eigenvalue weighted by Gasteiger charge is 2.08. The lowest BCUT2D eigenvalue weighted by Gasteiger charge is -2.19. The normalized spacial score (nSPS) is 14.6. The summed E-state index contributed by atoms with van der Waals surface area (Å²) < 4.78 is 10.5. The molecule has 1 saturated heterocycles. The summed E-state index contributed by atoms with van der Waals surface area (Å²) in [5.74, 6) is 1.47. The van der Waals surface area contributed by atoms with Gasteiger partial charge in [0.1, 0.15) is 0 Å². The molecule has 0 spiro atoms. The summed E-state index contributed by atoms with van der Waals surface area (Å²) in [6, 6.07) is 5.86. The number of rotatable bonds is 3. The summed E-state index contributed by atoms with van der Waals surface area (Å²) in [7, 11) is 3.27. The molecule has 1 fully saturated rings. The van der Waals surface area contributed by atoms with Crippen molar-refractivity contribution in [2.24, 2.45) is 0 Å². The molecule has 1 heterocycles. The van der Waals surface area contributed by atoms with Crippen LogP contribution in [0.5, 0.6) is 11.5 Å². The molecule has 0 saturated carbocycles. The van der Waals surface area contributed by atoms with E-state index in [9.17, 15) is 0 Å². The molecule has 1 aromatic carbocycles. The van der Waals surface area contributed by atoms with Crippen LogP contribution in [0.2, 0.25) is 0 Å². The van der Waals surface area contributed by atoms with Gasteiger partial charge in [-0.05, 0) is 35.5 Å². The van der Waals surface area contributed by atoms with Gasteiger partial charge in [0.25, 0.3) is 0 Å². The minimum Gasteiger partial charge on any atom is -0.493 e. The number of benzene rings is 1. The molecule has 1 aliphatic heterocycles. The third-order valence-corrected chi connectivity index (χ3v) is 3.02. The summed E-state index contributed by atoms with van der Waals surface area (Å²) in [5, 5.41) is 6.91. The molecule has 4 nitrogen and oxygen atoms in total. The molecule has 2 N–H and O–H groups in total. The van der Waals surface area contributed by atoms with E-state index in [-0.39, 0.29) is 0 Å². The van der Waals surface area contributed by atoms with Crippen LogP contribution in [0.1, 0.15) is 5.56 Å². The largest absolute Gasteiger partial charge is 0.493 e. The van der Waals surface area contributed by atoms with Crippen molar-refractivity contribution in [2.75, 3.05) is 27.3 Å². The number of thiocarbonyl (C=S) groups is 1. The molecule has 96 valence electrons. The molecule has 1 aliphatic rings. The van der Waals surface area contributed by atoms with Gasteiger partial charge in [-0.15, -0.1) is 0 Å². The zero-order valence-corrected chi connectivity index (χ0v) is 11.3. The molecule has 5 heteroatoms. The zero-order chi connectivity index (χ0) is 13.0. The molecule has 1 aromatic rings. The highest BCUT2D eigenvalue weighted by Crippen LogP contribution is 2.28. The Hall–Kier alpha value is -1.75. The van der Waals surface area contributed by atoms with Crippen molar-refractivity contribution in [3.8, 4) is 11.5 Å². The Balaban J connectivity index is 2.18. The van der Waals surface area contributed by atoms with Crippen molar-refractivity contribution < 1.29 is 9.47 Å². The topological polar surface area (TPSA) is 42.5 Å². The summed E-state index contributed by atoms with van der Waals surface area (Å²) in [5.41, 5.74) is 2.33. The van der Waals surface area contributed by atoms with Crippen molar-refractivity contribution in [1.29, 1.82) is 0 Å². The lowest BCUT2D eigenvalue weighted by Crippen LogP contribution is -2.43. The first-order valence-corrected chi connectivity index (χ1v) is 6.07. The van der Waals surface area contributed by atoms with Gasteiger partial charge in [0.2, 0.25) is 0 Å². The molecule has 0 radical (unpaired) electrons. The third-order valence-electron chi connectivity index (χ3n) is 2.73. The van der Waals surface area contributed by atoms with Crippen LogP contribution < -0.4 is 20.1 Å². The molecule has 0 atom stereocenters. The fourth-order valence-electron chi connectivity index (χ4n) is 1.79. The van der Waals surface area contributed by atoms with Crippen molar-refractivity contribution in [2.45, 2.75) is 0 Å². The molecule has 0 bridgehead atoms. The minimum atomic E-state index is 0.708. The van der Waals surface area contributed by atoms with Gasteiger partial charge in [-0.3, -0.25) is 0 Å². The summed E-state index contributed by atoms with van der Waals surface area (Å²) >= 11 is 5.01. The van der Waals surface area contributed by atoms with Gasteiger partial charge in [-0.1, -0.05) is 12.1 Å². The zero-order valence-electron chi connectivity index (χ0n) is 10.4. The average molecular weight is 264 g/mol. The number of ether oxygens (including phenoxy) is 2. The first kappa shape index (κ1) is 12.7. The van der Waals surface area contributed by atoms with E-state index in [0.29, 0.717) is 5.11 Å². The van der Waals surface area contributed by atoms with Crippen LogP contribution in [0, 0.1) is 0 Å². The first-order chi connectivity index (χ1) is 8.72. The Labute approximate surface area is 112 Å². The van der Waals surface area contributed by atoms with Crippen LogP contribution in [0.15, 0.2) is 23.8 Å². The third kappa shape index (κ3) is 2.92. The summed E-state index contributed by atoms with van der Waals surface area (Å²) in [4.78, 5) is 0. The molecule has 18 heavy (non-hydrogen) atoms. The minimum absolute atomic E-state index is 0.708. The molecular formula is C13H16N2O2S. The smallest absolute Gasteiger partial charge is 0.166 e. The predicted molar refractivity (Wildman–Crippen MR) is 76.1 cm³/mol. The second-order valence-corrected chi connectivity index (χ2v) is 4.36. The molecule has 2 rings (SSSR count). The van der Waals surface area contributed by atoms with Crippen LogP contribution in [-0.2, 0) is 0 Å². The lowest BCUT2D eigenvalue weighted by atomic mass is 10.1. The van der Waals surface area contributed by atoms with Gasteiger partial charge >= 0.3 is 0 Å². The maximum Gasteiger partial charge on any atom is 0.166 e. The van der Waals surface area contributed by atoms with Crippen molar-refractivity contribution in [1.82, 2.24) is 10.6 Å². The molecule has 0 amide bonds. The van der Waals surface area contributed by atoms with Gasteiger partial charge in [0.15, 0.2) is 16.6 Å². The molecular weight excluding hydrogens is 248 g/mol. The Morgan fingerprint density at radius 1 is 1.11 bits per heavy atom. The molecule has 0 aliphatic carbocycles. The summed E-state index contributed by atoms with van der Waals surface area (Å²) in [6.07, 6.45) is 2.11. The van der Waals surface area contributed by atoms with E-state index < -0.39 is 0 Å². The maximum absolute atomic E-state index is 5.28. The van der Waals surface area contributed by atoms with E-state index in [1.807, 2.05) is 18.2 Å². The van der Waals surface area contributed by atoms with E-state index in [1.54, 1.807) is 14.2 Å². The number of hydrogen-bond donors (Lipinski definition) is 2. The number of nitrogens with one attached hydrogen (secondary N) is 2. The van der Waals surface area contributed by atoms with Crippen LogP contribution >= 0.6 is 12.2 Å². The standard InChI is InChI=1S/C13H16N2O2S/c1-16-11-4-3-9(6-12(11)17-2)5-10-7-14-13(18)15-8-10/h3-6H,7-8H2,1-2H3,(H2,14,15,18). The average Bonchev–Trinajstić information content (AvgIpc) is 2.41. The van der Waals surface area contributed by atoms with Gasteiger partial charge in [0, 0.05) is 13.1 Å². The van der Waals surface area contributed by atoms with E-state index >= 15 is 0 Å². The van der Waals surface area contributed by atoms with Crippen LogP contribution in [0.25, 0.3) is 6.08 Å². The van der Waals surface area contributed by atoms with E-state index in [0.717, 1.165) is 30.2 Å².